The fraction of sp³-hybridized carbons (Fsp3) is 0.176. The Hall–Kier alpha value is -2.13. The molecular weight excluding hydrogens is 251 g/mol. The summed E-state index contributed by atoms with van der Waals surface area (Å²) in [6.45, 7) is 2.87. The van der Waals surface area contributed by atoms with Crippen molar-refractivity contribution >= 4 is 10.9 Å². The standard InChI is InChI=1S/C17H17FN2/c1-12(14-4-6-16(18)7-5-14)20-11-13-2-3-15-8-9-19-17(15)10-13/h2-10,12,19-20H,11H2,1H3/t12-/m0/s1. The van der Waals surface area contributed by atoms with Crippen molar-refractivity contribution in [3.8, 4) is 0 Å². The lowest BCUT2D eigenvalue weighted by Gasteiger charge is -2.14. The molecule has 0 unspecified atom stereocenters. The quantitative estimate of drug-likeness (QED) is 0.730. The highest BCUT2D eigenvalue weighted by molar-refractivity contribution is 5.79. The highest BCUT2D eigenvalue weighted by atomic mass is 19.1. The van der Waals surface area contributed by atoms with Crippen molar-refractivity contribution in [1.29, 1.82) is 0 Å². The molecule has 0 aliphatic rings. The van der Waals surface area contributed by atoms with Gasteiger partial charge in [-0.15, -0.1) is 0 Å². The van der Waals surface area contributed by atoms with Crippen molar-refractivity contribution in [2.45, 2.75) is 19.5 Å². The first kappa shape index (κ1) is 12.9. The molecule has 3 aromatic rings. The fourth-order valence-electron chi connectivity index (χ4n) is 2.35. The van der Waals surface area contributed by atoms with E-state index in [0.29, 0.717) is 0 Å². The van der Waals surface area contributed by atoms with Crippen LogP contribution in [0.4, 0.5) is 4.39 Å². The molecule has 0 saturated carbocycles. The third kappa shape index (κ3) is 2.73. The summed E-state index contributed by atoms with van der Waals surface area (Å²) in [5.41, 5.74) is 3.47. The number of benzene rings is 2. The number of nitrogens with one attached hydrogen (secondary N) is 2. The second kappa shape index (κ2) is 5.47. The van der Waals surface area contributed by atoms with Crippen molar-refractivity contribution in [3.05, 3.63) is 71.7 Å². The Labute approximate surface area is 117 Å². The predicted molar refractivity (Wildman–Crippen MR) is 80.0 cm³/mol. The summed E-state index contributed by atoms with van der Waals surface area (Å²) < 4.78 is 12.9. The molecule has 1 aromatic heterocycles. The number of hydrogen-bond acceptors (Lipinski definition) is 1. The third-order valence-electron chi connectivity index (χ3n) is 3.60. The van der Waals surface area contributed by atoms with Gasteiger partial charge in [-0.05, 0) is 47.7 Å². The van der Waals surface area contributed by atoms with Gasteiger partial charge in [0.2, 0.25) is 0 Å². The van der Waals surface area contributed by atoms with E-state index in [1.54, 1.807) is 0 Å². The monoisotopic (exact) mass is 268 g/mol. The minimum Gasteiger partial charge on any atom is -0.361 e. The minimum atomic E-state index is -0.196. The van der Waals surface area contributed by atoms with E-state index < -0.39 is 0 Å². The molecule has 0 aliphatic carbocycles. The molecule has 1 atom stereocenters. The molecule has 0 amide bonds. The van der Waals surface area contributed by atoms with Crippen molar-refractivity contribution in [2.75, 3.05) is 0 Å². The molecule has 0 radical (unpaired) electrons. The summed E-state index contributed by atoms with van der Waals surface area (Å²) >= 11 is 0. The van der Waals surface area contributed by atoms with Crippen LogP contribution in [0.25, 0.3) is 10.9 Å². The van der Waals surface area contributed by atoms with Gasteiger partial charge in [0.1, 0.15) is 5.82 Å². The average Bonchev–Trinajstić information content (AvgIpc) is 2.93. The van der Waals surface area contributed by atoms with E-state index >= 15 is 0 Å². The molecule has 0 spiro atoms. The van der Waals surface area contributed by atoms with Crippen LogP contribution in [-0.2, 0) is 6.54 Å². The molecular formula is C17H17FN2. The Morgan fingerprint density at radius 3 is 2.70 bits per heavy atom. The van der Waals surface area contributed by atoms with Crippen LogP contribution in [0, 0.1) is 5.82 Å². The van der Waals surface area contributed by atoms with Gasteiger partial charge in [-0.1, -0.05) is 24.3 Å². The lowest BCUT2D eigenvalue weighted by Crippen LogP contribution is -2.18. The van der Waals surface area contributed by atoms with Gasteiger partial charge in [0.05, 0.1) is 0 Å². The largest absolute Gasteiger partial charge is 0.361 e. The van der Waals surface area contributed by atoms with E-state index in [4.69, 9.17) is 0 Å². The van der Waals surface area contributed by atoms with Crippen molar-refractivity contribution in [3.63, 3.8) is 0 Å². The van der Waals surface area contributed by atoms with Crippen LogP contribution in [0.2, 0.25) is 0 Å². The number of hydrogen-bond donors (Lipinski definition) is 2. The summed E-state index contributed by atoms with van der Waals surface area (Å²) in [7, 11) is 0. The highest BCUT2D eigenvalue weighted by Crippen LogP contribution is 2.16. The molecule has 0 fully saturated rings. The number of rotatable bonds is 4. The summed E-state index contributed by atoms with van der Waals surface area (Å²) in [6, 6.07) is 15.3. The number of fused-ring (bicyclic) bond motifs is 1. The Morgan fingerprint density at radius 1 is 1.10 bits per heavy atom. The fourth-order valence-corrected chi connectivity index (χ4v) is 2.35. The van der Waals surface area contributed by atoms with Crippen LogP contribution < -0.4 is 5.32 Å². The summed E-state index contributed by atoms with van der Waals surface area (Å²) in [4.78, 5) is 3.22. The van der Waals surface area contributed by atoms with Crippen LogP contribution in [0.15, 0.2) is 54.7 Å². The Bertz CT molecular complexity index is 700. The van der Waals surface area contributed by atoms with Gasteiger partial charge in [0.15, 0.2) is 0 Å². The molecule has 3 rings (SSSR count). The summed E-state index contributed by atoms with van der Waals surface area (Å²) in [6.07, 6.45) is 1.95. The first-order chi connectivity index (χ1) is 9.72. The molecule has 0 bridgehead atoms. The molecule has 2 aromatic carbocycles. The van der Waals surface area contributed by atoms with E-state index in [-0.39, 0.29) is 11.9 Å². The van der Waals surface area contributed by atoms with Crippen molar-refractivity contribution < 1.29 is 4.39 Å². The molecule has 20 heavy (non-hydrogen) atoms. The highest BCUT2D eigenvalue weighted by Gasteiger charge is 2.05. The SMILES string of the molecule is C[C@H](NCc1ccc2cc[nH]c2c1)c1ccc(F)cc1. The van der Waals surface area contributed by atoms with Gasteiger partial charge < -0.3 is 10.3 Å². The lowest BCUT2D eigenvalue weighted by molar-refractivity contribution is 0.571. The molecule has 2 nitrogen and oxygen atoms in total. The van der Waals surface area contributed by atoms with Crippen LogP contribution in [0.3, 0.4) is 0 Å². The van der Waals surface area contributed by atoms with Crippen LogP contribution in [0.5, 0.6) is 0 Å². The Balaban J connectivity index is 1.67. The zero-order valence-electron chi connectivity index (χ0n) is 11.4. The van der Waals surface area contributed by atoms with Crippen LogP contribution in [0.1, 0.15) is 24.1 Å². The Morgan fingerprint density at radius 2 is 1.90 bits per heavy atom. The molecule has 0 saturated heterocycles. The average molecular weight is 268 g/mol. The van der Waals surface area contributed by atoms with Gasteiger partial charge >= 0.3 is 0 Å². The van der Waals surface area contributed by atoms with Gasteiger partial charge in [-0.2, -0.15) is 0 Å². The molecule has 1 heterocycles. The molecule has 3 heteroatoms. The summed E-state index contributed by atoms with van der Waals surface area (Å²) in [5.74, 6) is -0.196. The number of aromatic amines is 1. The van der Waals surface area contributed by atoms with Crippen molar-refractivity contribution in [1.82, 2.24) is 10.3 Å². The zero-order valence-corrected chi connectivity index (χ0v) is 11.4. The van der Waals surface area contributed by atoms with E-state index in [0.717, 1.165) is 17.6 Å². The Kier molecular flexibility index (Phi) is 3.52. The summed E-state index contributed by atoms with van der Waals surface area (Å²) in [5, 5.41) is 4.68. The van der Waals surface area contributed by atoms with Crippen molar-refractivity contribution in [2.24, 2.45) is 0 Å². The first-order valence-electron chi connectivity index (χ1n) is 6.77. The maximum absolute atomic E-state index is 12.9. The zero-order chi connectivity index (χ0) is 13.9. The van der Waals surface area contributed by atoms with Gasteiger partial charge in [-0.3, -0.25) is 0 Å². The molecule has 2 N–H and O–H groups in total. The van der Waals surface area contributed by atoms with E-state index in [9.17, 15) is 4.39 Å². The second-order valence-corrected chi connectivity index (χ2v) is 5.05. The predicted octanol–water partition coefficient (Wildman–Crippen LogP) is 4.16. The lowest BCUT2D eigenvalue weighted by atomic mass is 10.1. The number of H-pyrrole nitrogens is 1. The maximum atomic E-state index is 12.9. The van der Waals surface area contributed by atoms with Crippen LogP contribution >= 0.6 is 0 Å². The number of aromatic nitrogens is 1. The second-order valence-electron chi connectivity index (χ2n) is 5.05. The molecule has 102 valence electrons. The van der Waals surface area contributed by atoms with Gasteiger partial charge in [0.25, 0.3) is 0 Å². The third-order valence-corrected chi connectivity index (χ3v) is 3.60. The van der Waals surface area contributed by atoms with E-state index in [1.165, 1.54) is 23.1 Å². The normalized spacial score (nSPS) is 12.7. The van der Waals surface area contributed by atoms with E-state index in [1.807, 2.05) is 18.3 Å². The topological polar surface area (TPSA) is 27.8 Å². The number of halogens is 1. The van der Waals surface area contributed by atoms with Gasteiger partial charge in [0, 0.05) is 24.3 Å². The van der Waals surface area contributed by atoms with Gasteiger partial charge in [-0.25, -0.2) is 4.39 Å². The van der Waals surface area contributed by atoms with E-state index in [2.05, 4.69) is 41.5 Å². The molecule has 0 aliphatic heterocycles. The van der Waals surface area contributed by atoms with Crippen LogP contribution in [-0.4, -0.2) is 4.98 Å². The smallest absolute Gasteiger partial charge is 0.123 e. The first-order valence-corrected chi connectivity index (χ1v) is 6.77. The minimum absolute atomic E-state index is 0.190. The maximum Gasteiger partial charge on any atom is 0.123 e.